The molecule has 0 aliphatic rings. The molecule has 0 unspecified atom stereocenters. The highest BCUT2D eigenvalue weighted by Crippen LogP contribution is 2.39. The molecule has 0 aliphatic heterocycles. The highest BCUT2D eigenvalue weighted by molar-refractivity contribution is 7.99. The number of fused-ring (bicyclic) bond motifs is 1. The molecule has 0 fully saturated rings. The Labute approximate surface area is 139 Å². The number of benzene rings is 3. The first-order valence-corrected chi connectivity index (χ1v) is 8.21. The van der Waals surface area contributed by atoms with Crippen LogP contribution in [0.5, 0.6) is 0 Å². The lowest BCUT2D eigenvalue weighted by atomic mass is 10.1. The molecule has 0 atom stereocenters. The summed E-state index contributed by atoms with van der Waals surface area (Å²) in [5.74, 6) is 0. The summed E-state index contributed by atoms with van der Waals surface area (Å²) < 4.78 is 0. The zero-order valence-corrected chi connectivity index (χ0v) is 14.1. The number of rotatable bonds is 3. The Balaban J connectivity index is 2.16. The van der Waals surface area contributed by atoms with E-state index in [-0.39, 0.29) is 10.6 Å². The standard InChI is InChI=1S/C19H17NO2S/c1-12-10-13(2)19(14(3)11-12)23-18-9-8-17(20(21)22)15-6-4-5-7-16(15)18/h4-11H,1-3H3. The third-order valence-electron chi connectivity index (χ3n) is 3.87. The monoisotopic (exact) mass is 323 g/mol. The lowest BCUT2D eigenvalue weighted by Gasteiger charge is -2.12. The fourth-order valence-electron chi connectivity index (χ4n) is 2.94. The second-order valence-electron chi connectivity index (χ2n) is 5.72. The summed E-state index contributed by atoms with van der Waals surface area (Å²) in [6, 6.07) is 15.3. The molecule has 0 amide bonds. The van der Waals surface area contributed by atoms with E-state index < -0.39 is 0 Å². The van der Waals surface area contributed by atoms with Gasteiger partial charge in [0, 0.05) is 21.2 Å². The van der Waals surface area contributed by atoms with E-state index in [2.05, 4.69) is 32.9 Å². The maximum absolute atomic E-state index is 11.2. The summed E-state index contributed by atoms with van der Waals surface area (Å²) in [5, 5.41) is 12.8. The Morgan fingerprint density at radius 3 is 2.13 bits per heavy atom. The fourth-order valence-corrected chi connectivity index (χ4v) is 4.03. The van der Waals surface area contributed by atoms with Crippen molar-refractivity contribution in [3.8, 4) is 0 Å². The third kappa shape index (κ3) is 2.94. The Kier molecular flexibility index (Phi) is 4.09. The minimum absolute atomic E-state index is 0.155. The van der Waals surface area contributed by atoms with Gasteiger partial charge in [0.25, 0.3) is 5.69 Å². The van der Waals surface area contributed by atoms with Gasteiger partial charge in [0.2, 0.25) is 0 Å². The van der Waals surface area contributed by atoms with Crippen LogP contribution in [0.15, 0.2) is 58.3 Å². The maximum Gasteiger partial charge on any atom is 0.277 e. The molecular weight excluding hydrogens is 306 g/mol. The lowest BCUT2D eigenvalue weighted by Crippen LogP contribution is -1.92. The summed E-state index contributed by atoms with van der Waals surface area (Å²) in [6.07, 6.45) is 0. The molecule has 0 aliphatic carbocycles. The minimum Gasteiger partial charge on any atom is -0.258 e. The average Bonchev–Trinajstić information content (AvgIpc) is 2.50. The van der Waals surface area contributed by atoms with Crippen molar-refractivity contribution in [3.05, 3.63) is 75.3 Å². The van der Waals surface area contributed by atoms with E-state index in [9.17, 15) is 10.1 Å². The van der Waals surface area contributed by atoms with E-state index in [0.717, 1.165) is 10.3 Å². The van der Waals surface area contributed by atoms with Gasteiger partial charge in [0.05, 0.1) is 10.3 Å². The summed E-state index contributed by atoms with van der Waals surface area (Å²) in [5.41, 5.74) is 3.87. The molecule has 116 valence electrons. The van der Waals surface area contributed by atoms with Crippen LogP contribution >= 0.6 is 11.8 Å². The molecule has 3 rings (SSSR count). The zero-order chi connectivity index (χ0) is 16.6. The molecular formula is C19H17NO2S. The van der Waals surface area contributed by atoms with E-state index in [1.807, 2.05) is 30.3 Å². The summed E-state index contributed by atoms with van der Waals surface area (Å²) in [6.45, 7) is 6.31. The summed E-state index contributed by atoms with van der Waals surface area (Å²) in [7, 11) is 0. The predicted octanol–water partition coefficient (Wildman–Crippen LogP) is 5.82. The number of nitrogens with zero attached hydrogens (tertiary/aromatic N) is 1. The van der Waals surface area contributed by atoms with Gasteiger partial charge in [0.15, 0.2) is 0 Å². The molecule has 0 bridgehead atoms. The van der Waals surface area contributed by atoms with Gasteiger partial charge in [-0.25, -0.2) is 0 Å². The van der Waals surface area contributed by atoms with Crippen molar-refractivity contribution in [2.45, 2.75) is 30.6 Å². The van der Waals surface area contributed by atoms with E-state index in [4.69, 9.17) is 0 Å². The lowest BCUT2D eigenvalue weighted by molar-refractivity contribution is -0.383. The van der Waals surface area contributed by atoms with Gasteiger partial charge in [-0.15, -0.1) is 0 Å². The fraction of sp³-hybridized carbons (Fsp3) is 0.158. The molecule has 0 saturated carbocycles. The number of nitro benzene ring substituents is 1. The van der Waals surface area contributed by atoms with Crippen molar-refractivity contribution in [1.82, 2.24) is 0 Å². The van der Waals surface area contributed by atoms with Crippen LogP contribution < -0.4 is 0 Å². The number of hydrogen-bond donors (Lipinski definition) is 0. The van der Waals surface area contributed by atoms with Crippen molar-refractivity contribution < 1.29 is 4.92 Å². The van der Waals surface area contributed by atoms with Gasteiger partial charge in [-0.2, -0.15) is 0 Å². The first kappa shape index (κ1) is 15.6. The van der Waals surface area contributed by atoms with Crippen LogP contribution in [0.2, 0.25) is 0 Å². The molecule has 0 radical (unpaired) electrons. The van der Waals surface area contributed by atoms with Crippen LogP contribution in [0.1, 0.15) is 16.7 Å². The van der Waals surface area contributed by atoms with Crippen LogP contribution in [0.3, 0.4) is 0 Å². The highest BCUT2D eigenvalue weighted by atomic mass is 32.2. The Morgan fingerprint density at radius 2 is 1.52 bits per heavy atom. The quantitative estimate of drug-likeness (QED) is 0.450. The Bertz CT molecular complexity index is 895. The number of nitro groups is 1. The smallest absolute Gasteiger partial charge is 0.258 e. The average molecular weight is 323 g/mol. The van der Waals surface area contributed by atoms with Gasteiger partial charge >= 0.3 is 0 Å². The van der Waals surface area contributed by atoms with Crippen molar-refractivity contribution in [1.29, 1.82) is 0 Å². The van der Waals surface area contributed by atoms with E-state index in [1.54, 1.807) is 17.8 Å². The van der Waals surface area contributed by atoms with Gasteiger partial charge in [-0.05, 0) is 44.0 Å². The zero-order valence-electron chi connectivity index (χ0n) is 13.3. The summed E-state index contributed by atoms with van der Waals surface area (Å²) in [4.78, 5) is 13.2. The molecule has 23 heavy (non-hydrogen) atoms. The molecule has 0 heterocycles. The molecule has 0 aromatic heterocycles. The maximum atomic E-state index is 11.2. The summed E-state index contributed by atoms with van der Waals surface area (Å²) >= 11 is 1.68. The molecule has 0 spiro atoms. The van der Waals surface area contributed by atoms with Crippen LogP contribution in [-0.2, 0) is 0 Å². The first-order chi connectivity index (χ1) is 11.0. The largest absolute Gasteiger partial charge is 0.277 e. The van der Waals surface area contributed by atoms with Crippen LogP contribution in [0.4, 0.5) is 5.69 Å². The predicted molar refractivity (Wildman–Crippen MR) is 95.4 cm³/mol. The Hall–Kier alpha value is -2.33. The normalized spacial score (nSPS) is 10.9. The number of non-ortho nitro benzene ring substituents is 1. The van der Waals surface area contributed by atoms with Crippen LogP contribution in [-0.4, -0.2) is 4.92 Å². The van der Waals surface area contributed by atoms with Crippen molar-refractivity contribution in [3.63, 3.8) is 0 Å². The first-order valence-electron chi connectivity index (χ1n) is 7.39. The number of aryl methyl sites for hydroxylation is 3. The second kappa shape index (κ2) is 6.05. The van der Waals surface area contributed by atoms with Gasteiger partial charge < -0.3 is 0 Å². The third-order valence-corrected chi connectivity index (χ3v) is 5.30. The molecule has 0 saturated heterocycles. The molecule has 3 aromatic rings. The van der Waals surface area contributed by atoms with Gasteiger partial charge in [-0.1, -0.05) is 47.7 Å². The molecule has 3 nitrogen and oxygen atoms in total. The topological polar surface area (TPSA) is 43.1 Å². The molecule has 3 aromatic carbocycles. The van der Waals surface area contributed by atoms with Gasteiger partial charge in [-0.3, -0.25) is 10.1 Å². The van der Waals surface area contributed by atoms with E-state index >= 15 is 0 Å². The SMILES string of the molecule is Cc1cc(C)c(Sc2ccc([N+](=O)[O-])c3ccccc23)c(C)c1. The number of hydrogen-bond acceptors (Lipinski definition) is 3. The van der Waals surface area contributed by atoms with Gasteiger partial charge in [0.1, 0.15) is 0 Å². The highest BCUT2D eigenvalue weighted by Gasteiger charge is 2.15. The van der Waals surface area contributed by atoms with Crippen LogP contribution in [0.25, 0.3) is 10.8 Å². The van der Waals surface area contributed by atoms with Crippen molar-refractivity contribution >= 4 is 28.2 Å². The van der Waals surface area contributed by atoms with Crippen molar-refractivity contribution in [2.24, 2.45) is 0 Å². The Morgan fingerprint density at radius 1 is 0.913 bits per heavy atom. The molecule has 0 N–H and O–H groups in total. The minimum atomic E-state index is -0.320. The van der Waals surface area contributed by atoms with Crippen molar-refractivity contribution in [2.75, 3.05) is 0 Å². The molecule has 4 heteroatoms. The van der Waals surface area contributed by atoms with Crippen LogP contribution in [0, 0.1) is 30.9 Å². The van der Waals surface area contributed by atoms with E-state index in [1.165, 1.54) is 21.6 Å². The second-order valence-corrected chi connectivity index (χ2v) is 6.77. The van der Waals surface area contributed by atoms with E-state index in [0.29, 0.717) is 5.39 Å².